The molecule has 0 saturated carbocycles. The number of hydrogen-bond acceptors (Lipinski definition) is 4. The van der Waals surface area contributed by atoms with Gasteiger partial charge in [-0.1, -0.05) is 32.9 Å². The van der Waals surface area contributed by atoms with Crippen molar-refractivity contribution in [2.45, 2.75) is 56.8 Å². The van der Waals surface area contributed by atoms with Gasteiger partial charge < -0.3 is 14.9 Å². The minimum Gasteiger partial charge on any atom is -0.417 e. The molecule has 22 heavy (non-hydrogen) atoms. The van der Waals surface area contributed by atoms with Gasteiger partial charge in [0.25, 0.3) is 0 Å². The maximum absolute atomic E-state index is 6.14. The number of anilines is 1. The molecule has 0 aliphatic rings. The average molecular weight is 342 g/mol. The van der Waals surface area contributed by atoms with E-state index in [9.17, 15) is 0 Å². The first-order valence-corrected chi connectivity index (χ1v) is 12.0. The van der Waals surface area contributed by atoms with Crippen LogP contribution < -0.4 is 5.73 Å². The zero-order valence-corrected chi connectivity index (χ0v) is 16.7. The summed E-state index contributed by atoms with van der Waals surface area (Å²) < 4.78 is 11.9. The standard InChI is InChI=1S/C17H31NO2SSi/c1-17(2,3)22(5,6)20-12-8-11-19-13-14-9-7-10-15(21-4)16(14)18/h7,9-10H,8,11-13,18H2,1-6H3. The molecule has 0 heterocycles. The normalized spacial score (nSPS) is 12.6. The van der Waals surface area contributed by atoms with E-state index in [0.29, 0.717) is 13.2 Å². The van der Waals surface area contributed by atoms with Crippen LogP contribution in [0.5, 0.6) is 0 Å². The first-order chi connectivity index (χ1) is 10.2. The number of para-hydroxylation sites is 1. The Hall–Kier alpha value is -0.493. The maximum Gasteiger partial charge on any atom is 0.191 e. The summed E-state index contributed by atoms with van der Waals surface area (Å²) in [4.78, 5) is 1.11. The van der Waals surface area contributed by atoms with Gasteiger partial charge in [0.05, 0.1) is 12.3 Å². The molecule has 0 amide bonds. The summed E-state index contributed by atoms with van der Waals surface area (Å²) in [5.41, 5.74) is 8.03. The van der Waals surface area contributed by atoms with Crippen LogP contribution in [0.4, 0.5) is 5.69 Å². The van der Waals surface area contributed by atoms with Gasteiger partial charge in [0, 0.05) is 23.7 Å². The van der Waals surface area contributed by atoms with Crippen molar-refractivity contribution in [1.29, 1.82) is 0 Å². The highest BCUT2D eigenvalue weighted by Crippen LogP contribution is 2.36. The zero-order valence-electron chi connectivity index (χ0n) is 14.9. The van der Waals surface area contributed by atoms with Crippen LogP contribution in [0.2, 0.25) is 18.1 Å². The largest absolute Gasteiger partial charge is 0.417 e. The number of benzene rings is 1. The molecule has 1 aromatic rings. The Bertz CT molecular complexity index is 472. The van der Waals surface area contributed by atoms with E-state index in [1.54, 1.807) is 11.8 Å². The van der Waals surface area contributed by atoms with E-state index in [2.05, 4.69) is 33.9 Å². The van der Waals surface area contributed by atoms with Gasteiger partial charge in [-0.05, 0) is 36.9 Å². The Balaban J connectivity index is 2.30. The van der Waals surface area contributed by atoms with Gasteiger partial charge in [-0.15, -0.1) is 11.8 Å². The predicted molar refractivity (Wildman–Crippen MR) is 100 cm³/mol. The van der Waals surface area contributed by atoms with Gasteiger partial charge in [0.1, 0.15) is 0 Å². The van der Waals surface area contributed by atoms with E-state index in [-0.39, 0.29) is 5.04 Å². The lowest BCUT2D eigenvalue weighted by Gasteiger charge is -2.36. The Morgan fingerprint density at radius 2 is 1.86 bits per heavy atom. The van der Waals surface area contributed by atoms with Crippen LogP contribution in [0.1, 0.15) is 32.8 Å². The molecule has 0 saturated heterocycles. The average Bonchev–Trinajstić information content (AvgIpc) is 2.43. The van der Waals surface area contributed by atoms with Crippen LogP contribution in [0.25, 0.3) is 0 Å². The second kappa shape index (κ2) is 8.38. The SMILES string of the molecule is CSc1cccc(COCCCO[Si](C)(C)C(C)(C)C)c1N. The van der Waals surface area contributed by atoms with Crippen molar-refractivity contribution >= 4 is 25.8 Å². The van der Waals surface area contributed by atoms with E-state index < -0.39 is 8.32 Å². The molecule has 0 atom stereocenters. The van der Waals surface area contributed by atoms with Crippen molar-refractivity contribution in [2.24, 2.45) is 0 Å². The second-order valence-corrected chi connectivity index (χ2v) is 12.7. The van der Waals surface area contributed by atoms with E-state index >= 15 is 0 Å². The van der Waals surface area contributed by atoms with Crippen molar-refractivity contribution in [1.82, 2.24) is 0 Å². The van der Waals surface area contributed by atoms with Crippen molar-refractivity contribution in [3.05, 3.63) is 23.8 Å². The van der Waals surface area contributed by atoms with Crippen molar-refractivity contribution in [2.75, 3.05) is 25.2 Å². The van der Waals surface area contributed by atoms with Crippen LogP contribution >= 0.6 is 11.8 Å². The molecule has 2 N–H and O–H groups in total. The highest BCUT2D eigenvalue weighted by molar-refractivity contribution is 7.98. The van der Waals surface area contributed by atoms with E-state index in [0.717, 1.165) is 29.2 Å². The number of ether oxygens (including phenoxy) is 1. The van der Waals surface area contributed by atoms with Gasteiger partial charge >= 0.3 is 0 Å². The van der Waals surface area contributed by atoms with Crippen LogP contribution in [0.3, 0.4) is 0 Å². The van der Waals surface area contributed by atoms with Crippen molar-refractivity contribution in [3.8, 4) is 0 Å². The van der Waals surface area contributed by atoms with Crippen LogP contribution in [-0.4, -0.2) is 27.8 Å². The summed E-state index contributed by atoms with van der Waals surface area (Å²) in [6.45, 7) is 13.4. The van der Waals surface area contributed by atoms with Gasteiger partial charge in [0.2, 0.25) is 0 Å². The minimum atomic E-state index is -1.63. The monoisotopic (exact) mass is 341 g/mol. The first kappa shape index (κ1) is 19.6. The van der Waals surface area contributed by atoms with E-state index in [1.807, 2.05) is 24.5 Å². The molecular weight excluding hydrogens is 310 g/mol. The fourth-order valence-corrected chi connectivity index (χ4v) is 3.43. The lowest BCUT2D eigenvalue weighted by Crippen LogP contribution is -2.41. The lowest BCUT2D eigenvalue weighted by molar-refractivity contribution is 0.105. The third kappa shape index (κ3) is 5.61. The quantitative estimate of drug-likeness (QED) is 0.315. The van der Waals surface area contributed by atoms with Gasteiger partial charge in [-0.25, -0.2) is 0 Å². The Kier molecular flexibility index (Phi) is 7.45. The fourth-order valence-electron chi connectivity index (χ4n) is 1.78. The van der Waals surface area contributed by atoms with Gasteiger partial charge in [0.15, 0.2) is 8.32 Å². The molecule has 1 rings (SSSR count). The summed E-state index contributed by atoms with van der Waals surface area (Å²) in [5.74, 6) is 0. The topological polar surface area (TPSA) is 44.5 Å². The molecule has 1 aromatic carbocycles. The molecule has 0 unspecified atom stereocenters. The van der Waals surface area contributed by atoms with Crippen molar-refractivity contribution < 1.29 is 9.16 Å². The minimum absolute atomic E-state index is 0.264. The molecule has 0 aliphatic heterocycles. The summed E-state index contributed by atoms with van der Waals surface area (Å²) in [5, 5.41) is 0.264. The molecular formula is C17H31NO2SSi. The number of nitrogen functional groups attached to an aromatic ring is 1. The molecule has 0 bridgehead atoms. The predicted octanol–water partition coefficient (Wildman–Crippen LogP) is 4.92. The van der Waals surface area contributed by atoms with E-state index in [4.69, 9.17) is 14.9 Å². The molecule has 126 valence electrons. The Morgan fingerprint density at radius 3 is 2.45 bits per heavy atom. The van der Waals surface area contributed by atoms with E-state index in [1.165, 1.54) is 0 Å². The van der Waals surface area contributed by atoms with Crippen LogP contribution in [0.15, 0.2) is 23.1 Å². The number of rotatable bonds is 8. The number of hydrogen-bond donors (Lipinski definition) is 1. The molecule has 0 radical (unpaired) electrons. The third-order valence-corrected chi connectivity index (χ3v) is 9.67. The first-order valence-electron chi connectivity index (χ1n) is 7.82. The third-order valence-electron chi connectivity index (χ3n) is 4.34. The molecule has 0 fully saturated rings. The molecule has 0 spiro atoms. The summed E-state index contributed by atoms with van der Waals surface area (Å²) in [6, 6.07) is 6.10. The Morgan fingerprint density at radius 1 is 1.18 bits per heavy atom. The summed E-state index contributed by atoms with van der Waals surface area (Å²) >= 11 is 1.67. The summed E-state index contributed by atoms with van der Waals surface area (Å²) in [6.07, 6.45) is 2.96. The zero-order chi connectivity index (χ0) is 16.8. The highest BCUT2D eigenvalue weighted by atomic mass is 32.2. The number of thioether (sulfide) groups is 1. The van der Waals surface area contributed by atoms with Gasteiger partial charge in [-0.3, -0.25) is 0 Å². The fraction of sp³-hybridized carbons (Fsp3) is 0.647. The maximum atomic E-state index is 6.14. The van der Waals surface area contributed by atoms with Crippen LogP contribution in [0, 0.1) is 0 Å². The number of nitrogens with two attached hydrogens (primary N) is 1. The van der Waals surface area contributed by atoms with Gasteiger partial charge in [-0.2, -0.15) is 0 Å². The van der Waals surface area contributed by atoms with Crippen molar-refractivity contribution in [3.63, 3.8) is 0 Å². The molecule has 0 aliphatic carbocycles. The summed E-state index contributed by atoms with van der Waals surface area (Å²) in [7, 11) is -1.63. The highest BCUT2D eigenvalue weighted by Gasteiger charge is 2.36. The molecule has 3 nitrogen and oxygen atoms in total. The Labute approximate surface area is 141 Å². The van der Waals surface area contributed by atoms with Crippen LogP contribution in [-0.2, 0) is 15.8 Å². The smallest absolute Gasteiger partial charge is 0.191 e. The molecule has 0 aromatic heterocycles. The second-order valence-electron chi connectivity index (χ2n) is 7.05. The molecule has 5 heteroatoms. The lowest BCUT2D eigenvalue weighted by atomic mass is 10.2.